The minimum absolute atomic E-state index is 0.185. The smallest absolute Gasteiger partial charge is 0.234 e. The molecule has 3 aromatic carbocycles. The van der Waals surface area contributed by atoms with Crippen LogP contribution in [0.1, 0.15) is 13.8 Å². The molecule has 0 aliphatic rings. The molecule has 0 aliphatic carbocycles. The van der Waals surface area contributed by atoms with E-state index in [2.05, 4.69) is 10.4 Å². The average molecular weight is 385 g/mol. The summed E-state index contributed by atoms with van der Waals surface area (Å²) in [6.07, 6.45) is 0.632. The Kier molecular flexibility index (Phi) is 6.53. The summed E-state index contributed by atoms with van der Waals surface area (Å²) in [6.45, 7) is 3.51. The topological polar surface area (TPSA) is 61.8 Å². The first kappa shape index (κ1) is 20.0. The number of nitrogens with zero attached hydrogens (tertiary/aromatic N) is 2. The molecule has 0 saturated heterocycles. The zero-order valence-corrected chi connectivity index (χ0v) is 16.4. The Balaban J connectivity index is 1.72. The lowest BCUT2D eigenvalue weighted by Gasteiger charge is -2.16. The standard InChI is InChI=1S/C24H23N3O2/c1-18(19(2)26-27(17-28)23-14-7-4-8-15-23)24(29)25-22-13-9-12-21(16-22)20-10-5-3-6-11-20/h3-18H,1-2H3,(H,25,29)/b26-19-. The second kappa shape index (κ2) is 9.46. The maximum absolute atomic E-state index is 12.7. The van der Waals surface area contributed by atoms with Crippen molar-refractivity contribution in [3.05, 3.63) is 84.9 Å². The summed E-state index contributed by atoms with van der Waals surface area (Å²) in [6, 6.07) is 26.8. The quantitative estimate of drug-likeness (QED) is 0.355. The van der Waals surface area contributed by atoms with Gasteiger partial charge in [0.1, 0.15) is 0 Å². The molecule has 0 fully saturated rings. The van der Waals surface area contributed by atoms with Crippen LogP contribution in [0.5, 0.6) is 0 Å². The van der Waals surface area contributed by atoms with E-state index >= 15 is 0 Å². The van der Waals surface area contributed by atoms with Crippen molar-refractivity contribution in [1.82, 2.24) is 0 Å². The Hall–Kier alpha value is -3.73. The number of anilines is 2. The van der Waals surface area contributed by atoms with Crippen molar-refractivity contribution < 1.29 is 9.59 Å². The monoisotopic (exact) mass is 385 g/mol. The largest absolute Gasteiger partial charge is 0.326 e. The van der Waals surface area contributed by atoms with Crippen LogP contribution >= 0.6 is 0 Å². The number of amides is 2. The first-order valence-corrected chi connectivity index (χ1v) is 9.39. The second-order valence-electron chi connectivity index (χ2n) is 6.68. The van der Waals surface area contributed by atoms with Crippen LogP contribution in [0.3, 0.4) is 0 Å². The third-order valence-electron chi connectivity index (χ3n) is 4.64. The molecule has 0 spiro atoms. The van der Waals surface area contributed by atoms with Gasteiger partial charge in [-0.05, 0) is 49.2 Å². The number of carbonyl (C=O) groups is 2. The van der Waals surface area contributed by atoms with Crippen LogP contribution in [0.15, 0.2) is 90.0 Å². The van der Waals surface area contributed by atoms with Gasteiger partial charge in [0.2, 0.25) is 12.3 Å². The van der Waals surface area contributed by atoms with E-state index in [9.17, 15) is 9.59 Å². The normalized spacial score (nSPS) is 12.1. The summed E-state index contributed by atoms with van der Waals surface area (Å²) in [4.78, 5) is 24.1. The predicted octanol–water partition coefficient (Wildman–Crippen LogP) is 4.97. The Morgan fingerprint density at radius 3 is 2.21 bits per heavy atom. The van der Waals surface area contributed by atoms with E-state index in [1.165, 1.54) is 5.01 Å². The van der Waals surface area contributed by atoms with E-state index in [4.69, 9.17) is 0 Å². The molecule has 3 aromatic rings. The van der Waals surface area contributed by atoms with Gasteiger partial charge in [-0.25, -0.2) is 5.01 Å². The van der Waals surface area contributed by atoms with Crippen LogP contribution in [0.25, 0.3) is 11.1 Å². The van der Waals surface area contributed by atoms with Gasteiger partial charge in [0.05, 0.1) is 11.6 Å². The number of benzene rings is 3. The number of para-hydroxylation sites is 1. The van der Waals surface area contributed by atoms with Crippen molar-refractivity contribution in [1.29, 1.82) is 0 Å². The fourth-order valence-electron chi connectivity index (χ4n) is 2.83. The van der Waals surface area contributed by atoms with Crippen LogP contribution in [-0.4, -0.2) is 18.0 Å². The molecule has 1 unspecified atom stereocenters. The molecule has 0 aromatic heterocycles. The molecule has 29 heavy (non-hydrogen) atoms. The highest BCUT2D eigenvalue weighted by molar-refractivity contribution is 6.08. The molecule has 0 saturated carbocycles. The highest BCUT2D eigenvalue weighted by Crippen LogP contribution is 2.23. The van der Waals surface area contributed by atoms with Crippen LogP contribution in [0, 0.1) is 5.92 Å². The van der Waals surface area contributed by atoms with Crippen LogP contribution < -0.4 is 10.3 Å². The molecule has 2 amide bonds. The third-order valence-corrected chi connectivity index (χ3v) is 4.64. The van der Waals surface area contributed by atoms with E-state index in [1.807, 2.05) is 72.8 Å². The van der Waals surface area contributed by atoms with E-state index in [0.29, 0.717) is 23.5 Å². The van der Waals surface area contributed by atoms with E-state index in [1.54, 1.807) is 26.0 Å². The Morgan fingerprint density at radius 2 is 1.55 bits per heavy atom. The SMILES string of the molecule is C/C(=N/N(C=O)c1ccccc1)C(C)C(=O)Nc1cccc(-c2ccccc2)c1. The summed E-state index contributed by atoms with van der Waals surface area (Å²) in [5.74, 6) is -0.683. The Morgan fingerprint density at radius 1 is 0.931 bits per heavy atom. The summed E-state index contributed by atoms with van der Waals surface area (Å²) in [7, 11) is 0. The molecular formula is C24H23N3O2. The molecule has 0 radical (unpaired) electrons. The maximum atomic E-state index is 12.7. The van der Waals surface area contributed by atoms with Crippen LogP contribution in [0.4, 0.5) is 11.4 Å². The zero-order valence-electron chi connectivity index (χ0n) is 16.4. The lowest BCUT2D eigenvalue weighted by molar-refractivity contribution is -0.117. The molecule has 5 nitrogen and oxygen atoms in total. The van der Waals surface area contributed by atoms with E-state index < -0.39 is 5.92 Å². The maximum Gasteiger partial charge on any atom is 0.234 e. The minimum Gasteiger partial charge on any atom is -0.326 e. The lowest BCUT2D eigenvalue weighted by atomic mass is 10.0. The molecule has 1 atom stereocenters. The predicted molar refractivity (Wildman–Crippen MR) is 118 cm³/mol. The number of rotatable bonds is 7. The molecule has 146 valence electrons. The molecule has 5 heteroatoms. The summed E-state index contributed by atoms with van der Waals surface area (Å²) >= 11 is 0. The van der Waals surface area contributed by atoms with Gasteiger partial charge in [-0.15, -0.1) is 0 Å². The third kappa shape index (κ3) is 5.17. The number of hydrazone groups is 1. The molecule has 1 N–H and O–H groups in total. The van der Waals surface area contributed by atoms with Gasteiger partial charge in [-0.2, -0.15) is 5.10 Å². The van der Waals surface area contributed by atoms with Crippen molar-refractivity contribution >= 4 is 29.4 Å². The molecule has 3 rings (SSSR count). The van der Waals surface area contributed by atoms with Crippen molar-refractivity contribution in [2.24, 2.45) is 11.0 Å². The van der Waals surface area contributed by atoms with Crippen molar-refractivity contribution in [2.45, 2.75) is 13.8 Å². The Bertz CT molecular complexity index is 1000. The van der Waals surface area contributed by atoms with Gasteiger partial charge in [0.25, 0.3) is 0 Å². The Labute approximate surface area is 170 Å². The molecule has 0 bridgehead atoms. The molecule has 0 aliphatic heterocycles. The van der Waals surface area contributed by atoms with Gasteiger partial charge >= 0.3 is 0 Å². The molecule has 0 heterocycles. The first-order chi connectivity index (χ1) is 14.1. The van der Waals surface area contributed by atoms with Gasteiger partial charge in [0, 0.05) is 11.4 Å². The average Bonchev–Trinajstić information content (AvgIpc) is 2.78. The number of carbonyl (C=O) groups excluding carboxylic acids is 2. The summed E-state index contributed by atoms with van der Waals surface area (Å²) < 4.78 is 0. The number of hydrogen-bond acceptors (Lipinski definition) is 3. The zero-order chi connectivity index (χ0) is 20.6. The van der Waals surface area contributed by atoms with Gasteiger partial charge < -0.3 is 5.32 Å². The fraction of sp³-hybridized carbons (Fsp3) is 0.125. The van der Waals surface area contributed by atoms with Gasteiger partial charge in [-0.3, -0.25) is 9.59 Å². The van der Waals surface area contributed by atoms with Crippen LogP contribution in [-0.2, 0) is 9.59 Å². The molecular weight excluding hydrogens is 362 g/mol. The van der Waals surface area contributed by atoms with Crippen molar-refractivity contribution in [2.75, 3.05) is 10.3 Å². The van der Waals surface area contributed by atoms with E-state index in [0.717, 1.165) is 11.1 Å². The fourth-order valence-corrected chi connectivity index (χ4v) is 2.83. The van der Waals surface area contributed by atoms with Gasteiger partial charge in [0.15, 0.2) is 0 Å². The summed E-state index contributed by atoms with van der Waals surface area (Å²) in [5, 5.41) is 8.48. The van der Waals surface area contributed by atoms with Crippen molar-refractivity contribution in [3.8, 4) is 11.1 Å². The number of nitrogens with one attached hydrogen (secondary N) is 1. The van der Waals surface area contributed by atoms with E-state index in [-0.39, 0.29) is 5.91 Å². The number of hydrogen-bond donors (Lipinski definition) is 1. The first-order valence-electron chi connectivity index (χ1n) is 9.39. The van der Waals surface area contributed by atoms with Crippen molar-refractivity contribution in [3.63, 3.8) is 0 Å². The lowest BCUT2D eigenvalue weighted by Crippen LogP contribution is -2.28. The highest BCUT2D eigenvalue weighted by atomic mass is 16.2. The highest BCUT2D eigenvalue weighted by Gasteiger charge is 2.18. The minimum atomic E-state index is -0.499. The van der Waals surface area contributed by atoms with Crippen LogP contribution in [0.2, 0.25) is 0 Å². The summed E-state index contributed by atoms with van der Waals surface area (Å²) in [5.41, 5.74) is 4.01. The second-order valence-corrected chi connectivity index (χ2v) is 6.68. The van der Waals surface area contributed by atoms with Gasteiger partial charge in [-0.1, -0.05) is 60.7 Å².